The standard InChI is InChI=1S/C3H7NO2.CH4N2O.H2O/c1-2-6-3(4)5;2-1(3)4;/h2H2,1H3,(H2,4,5);(H4,2,3,4);1H2. The summed E-state index contributed by atoms with van der Waals surface area (Å²) in [4.78, 5) is 18.6. The van der Waals surface area contributed by atoms with Gasteiger partial charge in [0, 0.05) is 0 Å². The molecule has 0 aromatic rings. The molecule has 7 nitrogen and oxygen atoms in total. The third-order valence-electron chi connectivity index (χ3n) is 0.287. The van der Waals surface area contributed by atoms with Crippen LogP contribution >= 0.6 is 0 Å². The Hall–Kier alpha value is -1.50. The van der Waals surface area contributed by atoms with Crippen molar-refractivity contribution < 1.29 is 19.8 Å². The highest BCUT2D eigenvalue weighted by molar-refractivity contribution is 5.69. The van der Waals surface area contributed by atoms with Crippen LogP contribution in [-0.2, 0) is 4.74 Å². The number of ether oxygens (including phenoxy) is 1. The molecule has 0 heterocycles. The summed E-state index contributed by atoms with van der Waals surface area (Å²) >= 11 is 0. The zero-order valence-corrected chi connectivity index (χ0v) is 6.16. The zero-order chi connectivity index (χ0) is 8.57. The third-order valence-corrected chi connectivity index (χ3v) is 0.287. The maximum atomic E-state index is 9.60. The minimum atomic E-state index is -0.833. The lowest BCUT2D eigenvalue weighted by atomic mass is 10.9. The second kappa shape index (κ2) is 11.3. The van der Waals surface area contributed by atoms with Crippen LogP contribution in [0, 0.1) is 0 Å². The lowest BCUT2D eigenvalue weighted by molar-refractivity contribution is 0.163. The molecule has 0 atom stereocenters. The summed E-state index contributed by atoms with van der Waals surface area (Å²) in [5.41, 5.74) is 13.0. The molecule has 11 heavy (non-hydrogen) atoms. The Labute approximate surface area is 63.8 Å². The predicted octanol–water partition coefficient (Wildman–Crippen LogP) is -1.70. The number of amides is 3. The Kier molecular flexibility index (Phi) is 16.7. The topological polar surface area (TPSA) is 153 Å². The molecule has 0 unspecified atom stereocenters. The Morgan fingerprint density at radius 1 is 1.27 bits per heavy atom. The quantitative estimate of drug-likeness (QED) is 0.426. The largest absolute Gasteiger partial charge is 0.450 e. The molecule has 0 saturated carbocycles. The fourth-order valence-electron chi connectivity index (χ4n) is 0.142. The van der Waals surface area contributed by atoms with Crippen molar-refractivity contribution in [3.8, 4) is 0 Å². The van der Waals surface area contributed by atoms with Crippen molar-refractivity contribution in [2.45, 2.75) is 6.92 Å². The number of carbonyl (C=O) groups excluding carboxylic acids is 2. The fraction of sp³-hybridized carbons (Fsp3) is 0.500. The van der Waals surface area contributed by atoms with Crippen LogP contribution in [0.4, 0.5) is 9.59 Å². The number of primary amides is 3. The highest BCUT2D eigenvalue weighted by Crippen LogP contribution is 1.66. The summed E-state index contributed by atoms with van der Waals surface area (Å²) in [5.74, 6) is 0. The van der Waals surface area contributed by atoms with E-state index in [1.807, 2.05) is 0 Å². The van der Waals surface area contributed by atoms with E-state index in [1.54, 1.807) is 6.92 Å². The van der Waals surface area contributed by atoms with Crippen LogP contribution in [-0.4, -0.2) is 24.2 Å². The van der Waals surface area contributed by atoms with Gasteiger partial charge in [-0.3, -0.25) is 0 Å². The van der Waals surface area contributed by atoms with Crippen molar-refractivity contribution in [1.82, 2.24) is 0 Å². The van der Waals surface area contributed by atoms with Crippen LogP contribution in [0.5, 0.6) is 0 Å². The minimum Gasteiger partial charge on any atom is -0.450 e. The zero-order valence-electron chi connectivity index (χ0n) is 6.16. The average Bonchev–Trinajstić information content (AvgIpc) is 1.62. The summed E-state index contributed by atoms with van der Waals surface area (Å²) < 4.78 is 4.18. The summed E-state index contributed by atoms with van der Waals surface area (Å²) in [7, 11) is 0. The van der Waals surface area contributed by atoms with Gasteiger partial charge in [0.25, 0.3) is 0 Å². The molecule has 0 spiro atoms. The molecular formula is C4H13N3O4. The number of nitrogens with two attached hydrogens (primary N) is 3. The first-order valence-corrected chi connectivity index (χ1v) is 2.47. The minimum absolute atomic E-state index is 0. The van der Waals surface area contributed by atoms with E-state index in [0.29, 0.717) is 6.61 Å². The van der Waals surface area contributed by atoms with E-state index in [9.17, 15) is 4.79 Å². The molecule has 0 aromatic heterocycles. The molecule has 0 radical (unpaired) electrons. The van der Waals surface area contributed by atoms with Crippen LogP contribution in [0.15, 0.2) is 0 Å². The van der Waals surface area contributed by atoms with Crippen LogP contribution in [0.3, 0.4) is 0 Å². The van der Waals surface area contributed by atoms with E-state index in [-0.39, 0.29) is 5.48 Å². The number of carbonyl (C=O) groups is 2. The van der Waals surface area contributed by atoms with Crippen molar-refractivity contribution >= 4 is 12.1 Å². The van der Waals surface area contributed by atoms with Crippen molar-refractivity contribution in [1.29, 1.82) is 0 Å². The van der Waals surface area contributed by atoms with Gasteiger partial charge in [0.15, 0.2) is 0 Å². The number of hydrogen-bond donors (Lipinski definition) is 3. The van der Waals surface area contributed by atoms with Crippen LogP contribution in [0.25, 0.3) is 0 Å². The Morgan fingerprint density at radius 3 is 1.55 bits per heavy atom. The number of rotatable bonds is 1. The van der Waals surface area contributed by atoms with Gasteiger partial charge in [-0.15, -0.1) is 0 Å². The van der Waals surface area contributed by atoms with Gasteiger partial charge in [-0.25, -0.2) is 9.59 Å². The van der Waals surface area contributed by atoms with Crippen molar-refractivity contribution in [2.75, 3.05) is 6.61 Å². The van der Waals surface area contributed by atoms with E-state index in [1.165, 1.54) is 0 Å². The number of urea groups is 1. The monoisotopic (exact) mass is 167 g/mol. The smallest absolute Gasteiger partial charge is 0.404 e. The molecule has 0 rings (SSSR count). The first kappa shape index (κ1) is 16.2. The summed E-state index contributed by atoms with van der Waals surface area (Å²) in [5, 5.41) is 0. The van der Waals surface area contributed by atoms with E-state index >= 15 is 0 Å². The van der Waals surface area contributed by atoms with Crippen LogP contribution in [0.2, 0.25) is 0 Å². The molecule has 68 valence electrons. The second-order valence-electron chi connectivity index (χ2n) is 1.15. The molecule has 7 heteroatoms. The van der Waals surface area contributed by atoms with Gasteiger partial charge >= 0.3 is 12.1 Å². The summed E-state index contributed by atoms with van der Waals surface area (Å²) in [6.45, 7) is 2.06. The summed E-state index contributed by atoms with van der Waals surface area (Å²) in [6, 6.07) is -0.833. The molecular weight excluding hydrogens is 154 g/mol. The lowest BCUT2D eigenvalue weighted by Crippen LogP contribution is -2.18. The van der Waals surface area contributed by atoms with E-state index < -0.39 is 12.1 Å². The average molecular weight is 167 g/mol. The number of hydrogen-bond acceptors (Lipinski definition) is 3. The molecule has 0 bridgehead atoms. The van der Waals surface area contributed by atoms with Crippen molar-refractivity contribution in [2.24, 2.45) is 17.2 Å². The van der Waals surface area contributed by atoms with Gasteiger partial charge < -0.3 is 27.4 Å². The summed E-state index contributed by atoms with van der Waals surface area (Å²) in [6.07, 6.45) is -0.711. The van der Waals surface area contributed by atoms with Gasteiger partial charge in [-0.1, -0.05) is 0 Å². The molecule has 3 amide bonds. The Morgan fingerprint density at radius 2 is 1.55 bits per heavy atom. The van der Waals surface area contributed by atoms with Gasteiger partial charge in [0.2, 0.25) is 0 Å². The van der Waals surface area contributed by atoms with Gasteiger partial charge in [-0.05, 0) is 6.92 Å². The molecule has 8 N–H and O–H groups in total. The molecule has 0 aromatic carbocycles. The molecule has 0 aliphatic carbocycles. The maximum Gasteiger partial charge on any atom is 0.404 e. The second-order valence-corrected chi connectivity index (χ2v) is 1.15. The van der Waals surface area contributed by atoms with Gasteiger partial charge in [-0.2, -0.15) is 0 Å². The Bertz CT molecular complexity index is 112. The first-order chi connectivity index (χ1) is 4.50. The Balaban J connectivity index is -0.000000114. The highest BCUT2D eigenvalue weighted by atomic mass is 16.5. The van der Waals surface area contributed by atoms with E-state index in [4.69, 9.17) is 4.79 Å². The maximum absolute atomic E-state index is 9.60. The van der Waals surface area contributed by atoms with Crippen molar-refractivity contribution in [3.63, 3.8) is 0 Å². The van der Waals surface area contributed by atoms with Gasteiger partial charge in [0.05, 0.1) is 6.61 Å². The lowest BCUT2D eigenvalue weighted by Gasteiger charge is -1.89. The molecule has 0 fully saturated rings. The predicted molar refractivity (Wildman–Crippen MR) is 38.6 cm³/mol. The molecule has 0 aliphatic heterocycles. The fourth-order valence-corrected chi connectivity index (χ4v) is 0.142. The van der Waals surface area contributed by atoms with Crippen LogP contribution < -0.4 is 17.2 Å². The molecule has 0 saturated heterocycles. The van der Waals surface area contributed by atoms with E-state index in [2.05, 4.69) is 21.9 Å². The van der Waals surface area contributed by atoms with Crippen molar-refractivity contribution in [3.05, 3.63) is 0 Å². The van der Waals surface area contributed by atoms with E-state index in [0.717, 1.165) is 0 Å². The normalized spacial score (nSPS) is 6.27. The third kappa shape index (κ3) is 160. The first-order valence-electron chi connectivity index (χ1n) is 2.47. The SMILES string of the molecule is CCOC(N)=O.NC(N)=O.O. The van der Waals surface area contributed by atoms with Crippen LogP contribution in [0.1, 0.15) is 6.92 Å². The van der Waals surface area contributed by atoms with Gasteiger partial charge in [0.1, 0.15) is 0 Å². The molecule has 0 aliphatic rings. The highest BCUT2D eigenvalue weighted by Gasteiger charge is 1.82.